The number of hydrogen-bond donors (Lipinski definition) is 1. The van der Waals surface area contributed by atoms with Crippen LogP contribution < -0.4 is 5.32 Å². The Morgan fingerprint density at radius 3 is 2.33 bits per heavy atom. The second kappa shape index (κ2) is 5.80. The summed E-state index contributed by atoms with van der Waals surface area (Å²) in [6.07, 6.45) is 6.02. The molecule has 0 unspecified atom stereocenters. The number of amides is 1. The number of carbonyl (C=O) groups is 1. The van der Waals surface area contributed by atoms with E-state index in [1.165, 1.54) is 38.2 Å². The molecule has 5 rings (SSSR count). The highest BCUT2D eigenvalue weighted by Gasteiger charge is 2.57. The SMILES string of the molecule is COC1(CNC(=O)c2ccc(F)cc2F)C2CC3CC(C2)CC1C3. The van der Waals surface area contributed by atoms with Gasteiger partial charge in [-0.25, -0.2) is 8.78 Å². The number of hydrogen-bond acceptors (Lipinski definition) is 2. The van der Waals surface area contributed by atoms with Crippen LogP contribution in [0.3, 0.4) is 0 Å². The number of halogens is 2. The zero-order valence-corrected chi connectivity index (χ0v) is 13.9. The van der Waals surface area contributed by atoms with E-state index in [1.807, 2.05) is 0 Å². The van der Waals surface area contributed by atoms with Crippen LogP contribution in [0.4, 0.5) is 8.78 Å². The lowest BCUT2D eigenvalue weighted by Gasteiger charge is -2.60. The first-order valence-corrected chi connectivity index (χ1v) is 8.80. The van der Waals surface area contributed by atoms with Crippen LogP contribution >= 0.6 is 0 Å². The van der Waals surface area contributed by atoms with E-state index in [0.29, 0.717) is 18.4 Å². The topological polar surface area (TPSA) is 38.3 Å². The van der Waals surface area contributed by atoms with Crippen LogP contribution in [0, 0.1) is 35.3 Å². The smallest absolute Gasteiger partial charge is 0.254 e. The molecule has 0 aromatic heterocycles. The third-order valence-corrected chi connectivity index (χ3v) is 6.60. The Balaban J connectivity index is 1.50. The molecule has 4 aliphatic rings. The third-order valence-electron chi connectivity index (χ3n) is 6.60. The summed E-state index contributed by atoms with van der Waals surface area (Å²) in [7, 11) is 1.73. The van der Waals surface area contributed by atoms with Gasteiger partial charge in [0, 0.05) is 19.7 Å². The van der Waals surface area contributed by atoms with Gasteiger partial charge in [-0.3, -0.25) is 4.79 Å². The van der Waals surface area contributed by atoms with Gasteiger partial charge in [0.25, 0.3) is 5.91 Å². The maximum Gasteiger partial charge on any atom is 0.254 e. The lowest BCUT2D eigenvalue weighted by Crippen LogP contribution is -2.63. The Hall–Kier alpha value is -1.49. The van der Waals surface area contributed by atoms with Gasteiger partial charge in [-0.05, 0) is 67.9 Å². The molecule has 3 nitrogen and oxygen atoms in total. The van der Waals surface area contributed by atoms with E-state index in [4.69, 9.17) is 4.74 Å². The van der Waals surface area contributed by atoms with Gasteiger partial charge in [-0.15, -0.1) is 0 Å². The van der Waals surface area contributed by atoms with Crippen molar-refractivity contribution >= 4 is 5.91 Å². The van der Waals surface area contributed by atoms with Crippen molar-refractivity contribution in [1.29, 1.82) is 0 Å². The van der Waals surface area contributed by atoms with Crippen LogP contribution in [0.2, 0.25) is 0 Å². The molecule has 0 saturated heterocycles. The molecule has 5 heteroatoms. The van der Waals surface area contributed by atoms with Crippen molar-refractivity contribution < 1.29 is 18.3 Å². The molecule has 0 spiro atoms. The van der Waals surface area contributed by atoms with Crippen molar-refractivity contribution in [2.75, 3.05) is 13.7 Å². The predicted octanol–water partition coefficient (Wildman–Crippen LogP) is 3.54. The molecule has 24 heavy (non-hydrogen) atoms. The van der Waals surface area contributed by atoms with E-state index in [9.17, 15) is 13.6 Å². The fraction of sp³-hybridized carbons (Fsp3) is 0.632. The van der Waals surface area contributed by atoms with Crippen LogP contribution in [0.25, 0.3) is 0 Å². The first-order valence-electron chi connectivity index (χ1n) is 8.80. The van der Waals surface area contributed by atoms with E-state index in [0.717, 1.165) is 24.0 Å². The van der Waals surface area contributed by atoms with E-state index in [-0.39, 0.29) is 11.2 Å². The van der Waals surface area contributed by atoms with Gasteiger partial charge in [0.2, 0.25) is 0 Å². The Bertz CT molecular complexity index is 633. The Kier molecular flexibility index (Phi) is 3.87. The quantitative estimate of drug-likeness (QED) is 0.914. The van der Waals surface area contributed by atoms with Crippen molar-refractivity contribution in [2.24, 2.45) is 23.7 Å². The van der Waals surface area contributed by atoms with Crippen molar-refractivity contribution in [3.8, 4) is 0 Å². The number of methoxy groups -OCH3 is 1. The van der Waals surface area contributed by atoms with Gasteiger partial charge in [0.15, 0.2) is 0 Å². The third kappa shape index (κ3) is 2.44. The molecule has 130 valence electrons. The van der Waals surface area contributed by atoms with E-state index in [2.05, 4.69) is 5.32 Å². The molecule has 4 saturated carbocycles. The van der Waals surface area contributed by atoms with Gasteiger partial charge < -0.3 is 10.1 Å². The Morgan fingerprint density at radius 1 is 1.17 bits per heavy atom. The average Bonchev–Trinajstić information content (AvgIpc) is 2.54. The second-order valence-corrected chi connectivity index (χ2v) is 7.77. The summed E-state index contributed by atoms with van der Waals surface area (Å²) >= 11 is 0. The standard InChI is InChI=1S/C19H23F2NO2/c1-24-19(13-5-11-4-12(7-13)8-14(19)6-11)10-22-18(23)16-3-2-15(20)9-17(16)21/h2-3,9,11-14H,4-8,10H2,1H3,(H,22,23). The summed E-state index contributed by atoms with van der Waals surface area (Å²) in [5.74, 6) is 0.538. The average molecular weight is 335 g/mol. The highest BCUT2D eigenvalue weighted by Crippen LogP contribution is 2.59. The molecule has 4 bridgehead atoms. The maximum absolute atomic E-state index is 13.8. The van der Waals surface area contributed by atoms with E-state index >= 15 is 0 Å². The van der Waals surface area contributed by atoms with E-state index in [1.54, 1.807) is 7.11 Å². The number of nitrogens with one attached hydrogen (secondary N) is 1. The highest BCUT2D eigenvalue weighted by atomic mass is 19.1. The van der Waals surface area contributed by atoms with Gasteiger partial charge in [0.05, 0.1) is 11.2 Å². The number of rotatable bonds is 4. The second-order valence-electron chi connectivity index (χ2n) is 7.77. The molecule has 1 amide bonds. The molecular formula is C19H23F2NO2. The summed E-state index contributed by atoms with van der Waals surface area (Å²) in [5, 5.41) is 2.85. The monoisotopic (exact) mass is 335 g/mol. The lowest BCUT2D eigenvalue weighted by atomic mass is 9.49. The summed E-state index contributed by atoms with van der Waals surface area (Å²) in [5.41, 5.74) is -0.453. The van der Waals surface area contributed by atoms with Gasteiger partial charge in [-0.2, -0.15) is 0 Å². The van der Waals surface area contributed by atoms with Crippen LogP contribution in [0.15, 0.2) is 18.2 Å². The highest BCUT2D eigenvalue weighted by molar-refractivity contribution is 5.94. The zero-order valence-electron chi connectivity index (χ0n) is 13.9. The first-order chi connectivity index (χ1) is 11.5. The lowest BCUT2D eigenvalue weighted by molar-refractivity contribution is -0.186. The summed E-state index contributed by atoms with van der Waals surface area (Å²) in [6.45, 7) is 0.397. The van der Waals surface area contributed by atoms with Gasteiger partial charge in [0.1, 0.15) is 11.6 Å². The van der Waals surface area contributed by atoms with Crippen molar-refractivity contribution in [3.05, 3.63) is 35.4 Å². The van der Waals surface area contributed by atoms with Crippen molar-refractivity contribution in [3.63, 3.8) is 0 Å². The van der Waals surface area contributed by atoms with Gasteiger partial charge in [-0.1, -0.05) is 0 Å². The zero-order chi connectivity index (χ0) is 16.9. The maximum atomic E-state index is 13.8. The minimum absolute atomic E-state index is 0.119. The predicted molar refractivity (Wildman–Crippen MR) is 85.5 cm³/mol. The minimum Gasteiger partial charge on any atom is -0.376 e. The number of benzene rings is 1. The number of carbonyl (C=O) groups excluding carboxylic acids is 1. The molecule has 0 heterocycles. The van der Waals surface area contributed by atoms with Crippen LogP contribution in [0.1, 0.15) is 42.5 Å². The molecule has 0 aliphatic heterocycles. The van der Waals surface area contributed by atoms with Crippen molar-refractivity contribution in [1.82, 2.24) is 5.32 Å². The summed E-state index contributed by atoms with van der Waals surface area (Å²) in [6, 6.07) is 3.03. The molecule has 0 radical (unpaired) electrons. The molecule has 1 N–H and O–H groups in total. The van der Waals surface area contributed by atoms with Crippen LogP contribution in [-0.2, 0) is 4.74 Å². The summed E-state index contributed by atoms with van der Waals surface area (Å²) in [4.78, 5) is 12.3. The fourth-order valence-electron chi connectivity index (χ4n) is 5.66. The summed E-state index contributed by atoms with van der Waals surface area (Å²) < 4.78 is 32.8. The van der Waals surface area contributed by atoms with Crippen molar-refractivity contribution in [2.45, 2.75) is 37.7 Å². The molecule has 1 aromatic rings. The molecular weight excluding hydrogens is 312 g/mol. The first kappa shape index (κ1) is 16.0. The Labute approximate surface area is 140 Å². The molecule has 0 atom stereocenters. The number of ether oxygens (including phenoxy) is 1. The fourth-order valence-corrected chi connectivity index (χ4v) is 5.66. The van der Waals surface area contributed by atoms with Gasteiger partial charge >= 0.3 is 0 Å². The minimum atomic E-state index is -0.830. The molecule has 1 aromatic carbocycles. The van der Waals surface area contributed by atoms with E-state index < -0.39 is 17.5 Å². The van der Waals surface area contributed by atoms with Crippen LogP contribution in [0.5, 0.6) is 0 Å². The molecule has 4 aliphatic carbocycles. The largest absolute Gasteiger partial charge is 0.376 e. The van der Waals surface area contributed by atoms with Crippen LogP contribution in [-0.4, -0.2) is 25.2 Å². The Morgan fingerprint density at radius 2 is 1.79 bits per heavy atom. The normalized spacial score (nSPS) is 36.8. The molecule has 4 fully saturated rings.